The van der Waals surface area contributed by atoms with Gasteiger partial charge in [-0.2, -0.15) is 10.2 Å². The molecule has 0 amide bonds. The van der Waals surface area contributed by atoms with Crippen molar-refractivity contribution in [3.05, 3.63) is 54.1 Å². The summed E-state index contributed by atoms with van der Waals surface area (Å²) in [6.07, 6.45) is 8.42. The van der Waals surface area contributed by atoms with Gasteiger partial charge in [0, 0.05) is 5.56 Å². The Bertz CT molecular complexity index is 916. The minimum absolute atomic E-state index is 0.0135. The molecule has 0 unspecified atom stereocenters. The lowest BCUT2D eigenvalue weighted by Crippen LogP contribution is -2.05. The Morgan fingerprint density at radius 1 is 1.04 bits per heavy atom. The average Bonchev–Trinajstić information content (AvgIpc) is 3.32. The van der Waals surface area contributed by atoms with Crippen LogP contribution in [0.25, 0.3) is 0 Å². The molecule has 0 radical (unpaired) electrons. The Morgan fingerprint density at radius 2 is 1.60 bits per heavy atom. The SMILES string of the molecule is COC(=O)c1cc(C=Nn2cnnc2)cc(C=Nn2cnnc2)c1O. The van der Waals surface area contributed by atoms with Crippen LogP contribution in [0.2, 0.25) is 0 Å². The molecule has 11 heteroatoms. The fraction of sp³-hybridized carbons (Fsp3) is 0.0714. The fourth-order valence-electron chi connectivity index (χ4n) is 1.89. The van der Waals surface area contributed by atoms with Crippen molar-refractivity contribution >= 4 is 18.4 Å². The van der Waals surface area contributed by atoms with Gasteiger partial charge in [-0.25, -0.2) is 14.1 Å². The number of hydrogen-bond acceptors (Lipinski definition) is 9. The molecule has 11 nitrogen and oxygen atoms in total. The predicted molar refractivity (Wildman–Crippen MR) is 85.5 cm³/mol. The second-order valence-electron chi connectivity index (χ2n) is 4.67. The summed E-state index contributed by atoms with van der Waals surface area (Å²) in [6, 6.07) is 3.05. The number of phenolic OH excluding ortho intramolecular Hbond substituents is 1. The quantitative estimate of drug-likeness (QED) is 0.515. The third kappa shape index (κ3) is 3.72. The zero-order valence-electron chi connectivity index (χ0n) is 13.0. The van der Waals surface area contributed by atoms with Gasteiger partial charge in [0.05, 0.1) is 19.5 Å². The standard InChI is InChI=1S/C14H12N8O3/c1-25-14(24)12-3-10(4-19-21-6-15-16-7-21)2-11(13(12)23)5-20-22-8-17-18-9-22/h2-9,23H,1H3. The van der Waals surface area contributed by atoms with Gasteiger partial charge in [-0.15, -0.1) is 20.4 Å². The van der Waals surface area contributed by atoms with Crippen LogP contribution in [0.1, 0.15) is 21.5 Å². The number of ether oxygens (including phenoxy) is 1. The van der Waals surface area contributed by atoms with Crippen molar-refractivity contribution in [1.29, 1.82) is 0 Å². The summed E-state index contributed by atoms with van der Waals surface area (Å²) in [5.41, 5.74) is 0.819. The van der Waals surface area contributed by atoms with Crippen LogP contribution < -0.4 is 0 Å². The Morgan fingerprint density at radius 3 is 2.16 bits per heavy atom. The number of esters is 1. The van der Waals surface area contributed by atoms with E-state index in [2.05, 4.69) is 35.3 Å². The smallest absolute Gasteiger partial charge is 0.341 e. The molecule has 126 valence electrons. The first-order chi connectivity index (χ1) is 12.2. The molecule has 1 N–H and O–H groups in total. The van der Waals surface area contributed by atoms with Crippen molar-refractivity contribution in [2.75, 3.05) is 7.11 Å². The van der Waals surface area contributed by atoms with E-state index in [9.17, 15) is 9.90 Å². The van der Waals surface area contributed by atoms with E-state index in [0.717, 1.165) is 0 Å². The Hall–Kier alpha value is -3.89. The van der Waals surface area contributed by atoms with E-state index in [4.69, 9.17) is 0 Å². The van der Waals surface area contributed by atoms with E-state index >= 15 is 0 Å². The molecule has 3 rings (SSSR count). The molecule has 0 spiro atoms. The van der Waals surface area contributed by atoms with Crippen LogP contribution in [0.4, 0.5) is 0 Å². The molecule has 0 fully saturated rings. The first-order valence-electron chi connectivity index (χ1n) is 6.90. The highest BCUT2D eigenvalue weighted by Crippen LogP contribution is 2.24. The van der Waals surface area contributed by atoms with Gasteiger partial charge in [0.15, 0.2) is 0 Å². The molecular formula is C14H12N8O3. The summed E-state index contributed by atoms with van der Waals surface area (Å²) in [7, 11) is 1.23. The molecule has 0 aliphatic rings. The summed E-state index contributed by atoms with van der Waals surface area (Å²) in [5.74, 6) is -0.943. The van der Waals surface area contributed by atoms with Crippen molar-refractivity contribution in [3.8, 4) is 5.75 Å². The van der Waals surface area contributed by atoms with Gasteiger partial charge in [-0.05, 0) is 17.7 Å². The van der Waals surface area contributed by atoms with E-state index in [-0.39, 0.29) is 11.3 Å². The number of aromatic hydroxyl groups is 1. The number of rotatable bonds is 5. The molecule has 2 heterocycles. The van der Waals surface area contributed by atoms with Crippen LogP contribution in [0.15, 0.2) is 47.6 Å². The van der Waals surface area contributed by atoms with Crippen molar-refractivity contribution < 1.29 is 14.6 Å². The lowest BCUT2D eigenvalue weighted by molar-refractivity contribution is 0.0597. The normalized spacial score (nSPS) is 11.4. The Balaban J connectivity index is 2.00. The molecule has 2 aromatic heterocycles. The molecule has 25 heavy (non-hydrogen) atoms. The maximum Gasteiger partial charge on any atom is 0.341 e. The van der Waals surface area contributed by atoms with Gasteiger partial charge in [-0.1, -0.05) is 0 Å². The summed E-state index contributed by atoms with van der Waals surface area (Å²) in [6.45, 7) is 0. The van der Waals surface area contributed by atoms with Crippen molar-refractivity contribution in [2.45, 2.75) is 0 Å². The Kier molecular flexibility index (Phi) is 4.55. The van der Waals surface area contributed by atoms with Crippen molar-refractivity contribution in [3.63, 3.8) is 0 Å². The Labute approximate surface area is 140 Å². The molecule has 3 aromatic rings. The predicted octanol–water partition coefficient (Wildman–Crippen LogP) is 0.126. The number of phenols is 1. The zero-order valence-corrected chi connectivity index (χ0v) is 13.0. The van der Waals surface area contributed by atoms with Gasteiger partial charge in [0.25, 0.3) is 0 Å². The molecule has 0 saturated heterocycles. The van der Waals surface area contributed by atoms with Gasteiger partial charge in [0.2, 0.25) is 0 Å². The van der Waals surface area contributed by atoms with E-state index in [1.54, 1.807) is 6.07 Å². The second kappa shape index (κ2) is 7.12. The maximum atomic E-state index is 11.9. The summed E-state index contributed by atoms with van der Waals surface area (Å²) < 4.78 is 7.42. The van der Waals surface area contributed by atoms with Crippen LogP contribution in [0.5, 0.6) is 5.75 Å². The topological polar surface area (TPSA) is 133 Å². The first-order valence-corrected chi connectivity index (χ1v) is 6.90. The number of aromatic nitrogens is 6. The highest BCUT2D eigenvalue weighted by molar-refractivity contribution is 5.99. The monoisotopic (exact) mass is 340 g/mol. The lowest BCUT2D eigenvalue weighted by Gasteiger charge is -2.07. The first kappa shape index (κ1) is 16.0. The van der Waals surface area contributed by atoms with Crippen LogP contribution in [0.3, 0.4) is 0 Å². The number of carbonyl (C=O) groups excluding carboxylic acids is 1. The van der Waals surface area contributed by atoms with E-state index in [1.807, 2.05) is 0 Å². The minimum atomic E-state index is -0.684. The summed E-state index contributed by atoms with van der Waals surface area (Å²) >= 11 is 0. The molecule has 0 bridgehead atoms. The third-order valence-corrected chi connectivity index (χ3v) is 3.05. The van der Waals surface area contributed by atoms with Gasteiger partial charge in [0.1, 0.15) is 36.6 Å². The number of hydrogen-bond donors (Lipinski definition) is 1. The molecule has 0 aliphatic carbocycles. The fourth-order valence-corrected chi connectivity index (χ4v) is 1.89. The van der Waals surface area contributed by atoms with Gasteiger partial charge >= 0.3 is 5.97 Å². The highest BCUT2D eigenvalue weighted by atomic mass is 16.5. The zero-order chi connectivity index (χ0) is 17.6. The second-order valence-corrected chi connectivity index (χ2v) is 4.67. The van der Waals surface area contributed by atoms with Crippen LogP contribution in [-0.2, 0) is 4.74 Å². The number of benzene rings is 1. The van der Waals surface area contributed by atoms with Crippen molar-refractivity contribution in [2.24, 2.45) is 10.2 Å². The summed E-state index contributed by atoms with van der Waals surface area (Å²) in [4.78, 5) is 11.9. The lowest BCUT2D eigenvalue weighted by atomic mass is 10.0. The number of carbonyl (C=O) groups is 1. The number of nitrogens with zero attached hydrogens (tertiary/aromatic N) is 8. The van der Waals surface area contributed by atoms with Crippen LogP contribution in [0, 0.1) is 0 Å². The van der Waals surface area contributed by atoms with Gasteiger partial charge in [-0.3, -0.25) is 0 Å². The minimum Gasteiger partial charge on any atom is -0.506 e. The van der Waals surface area contributed by atoms with Crippen LogP contribution >= 0.6 is 0 Å². The van der Waals surface area contributed by atoms with Crippen LogP contribution in [-0.4, -0.2) is 60.4 Å². The molecular weight excluding hydrogens is 328 g/mol. The molecule has 0 atom stereocenters. The summed E-state index contributed by atoms with van der Waals surface area (Å²) in [5, 5.41) is 33.0. The van der Waals surface area contributed by atoms with E-state index in [1.165, 1.54) is 60.3 Å². The van der Waals surface area contributed by atoms with Crippen molar-refractivity contribution in [1.82, 2.24) is 29.7 Å². The highest BCUT2D eigenvalue weighted by Gasteiger charge is 2.16. The average molecular weight is 340 g/mol. The van der Waals surface area contributed by atoms with E-state index < -0.39 is 5.97 Å². The third-order valence-electron chi connectivity index (χ3n) is 3.05. The van der Waals surface area contributed by atoms with E-state index in [0.29, 0.717) is 11.1 Å². The maximum absolute atomic E-state index is 11.9. The number of methoxy groups -OCH3 is 1. The molecule has 1 aromatic carbocycles. The largest absolute Gasteiger partial charge is 0.506 e. The molecule has 0 saturated carbocycles. The molecule has 0 aliphatic heterocycles. The van der Waals surface area contributed by atoms with Gasteiger partial charge < -0.3 is 9.84 Å².